The Hall–Kier alpha value is -1.32. The van der Waals surface area contributed by atoms with Gasteiger partial charge >= 0.3 is 5.56 Å². The smallest absolute Gasteiger partial charge is 0.306 e. The fraction of sp³-hybridized carbons (Fsp3) is 0.600. The van der Waals surface area contributed by atoms with Crippen molar-refractivity contribution in [2.75, 3.05) is 0 Å². The number of hydrogen-bond donors (Lipinski definition) is 2. The van der Waals surface area contributed by atoms with Crippen LogP contribution in [0.3, 0.4) is 0 Å². The zero-order chi connectivity index (χ0) is 10.8. The van der Waals surface area contributed by atoms with Gasteiger partial charge in [-0.1, -0.05) is 20.8 Å². The summed E-state index contributed by atoms with van der Waals surface area (Å²) >= 11 is 0. The lowest BCUT2D eigenvalue weighted by atomic mass is 9.90. The predicted octanol–water partition coefficient (Wildman–Crippen LogP) is 1.45. The standard InChI is InChI=1S/C10H16N2O2/c1-10(2,3)5-4-7-6-8(13)9(14)12-11-7/h6H,4-5H2,1-3H3,(H,11,13)(H,12,14). The average molecular weight is 196 g/mol. The van der Waals surface area contributed by atoms with Gasteiger partial charge in [0.25, 0.3) is 0 Å². The van der Waals surface area contributed by atoms with E-state index in [0.29, 0.717) is 0 Å². The van der Waals surface area contributed by atoms with Crippen molar-refractivity contribution in [1.82, 2.24) is 10.2 Å². The number of rotatable bonds is 2. The Morgan fingerprint density at radius 1 is 1.50 bits per heavy atom. The van der Waals surface area contributed by atoms with Crippen LogP contribution in [0.1, 0.15) is 32.9 Å². The molecule has 1 aromatic heterocycles. The molecule has 4 heteroatoms. The Bertz CT molecular complexity index is 363. The summed E-state index contributed by atoms with van der Waals surface area (Å²) in [7, 11) is 0. The molecule has 0 unspecified atom stereocenters. The van der Waals surface area contributed by atoms with E-state index in [0.717, 1.165) is 18.5 Å². The summed E-state index contributed by atoms with van der Waals surface area (Å²) in [6, 6.07) is 1.42. The van der Waals surface area contributed by atoms with Gasteiger partial charge < -0.3 is 5.11 Å². The zero-order valence-corrected chi connectivity index (χ0v) is 8.79. The van der Waals surface area contributed by atoms with Crippen LogP contribution in [0.2, 0.25) is 0 Å². The lowest BCUT2D eigenvalue weighted by Gasteiger charge is -2.16. The third-order valence-corrected chi connectivity index (χ3v) is 1.97. The molecule has 1 rings (SSSR count). The molecule has 4 nitrogen and oxygen atoms in total. The molecular formula is C10H16N2O2. The van der Waals surface area contributed by atoms with Gasteiger partial charge in [-0.15, -0.1) is 0 Å². The second-order valence-corrected chi connectivity index (χ2v) is 4.63. The summed E-state index contributed by atoms with van der Waals surface area (Å²) in [5, 5.41) is 15.2. The van der Waals surface area contributed by atoms with E-state index in [1.165, 1.54) is 6.07 Å². The van der Waals surface area contributed by atoms with Crippen LogP contribution in [-0.4, -0.2) is 15.3 Å². The van der Waals surface area contributed by atoms with Gasteiger partial charge in [-0.05, 0) is 18.3 Å². The molecule has 0 aliphatic carbocycles. The van der Waals surface area contributed by atoms with Gasteiger partial charge in [0.2, 0.25) is 0 Å². The minimum Gasteiger partial charge on any atom is -0.503 e. The first-order valence-electron chi connectivity index (χ1n) is 4.66. The van der Waals surface area contributed by atoms with Crippen LogP contribution < -0.4 is 5.56 Å². The SMILES string of the molecule is CC(C)(C)CCc1cc(O)c(=O)[nH]n1. The number of nitrogens with zero attached hydrogens (tertiary/aromatic N) is 1. The van der Waals surface area contributed by atoms with E-state index in [-0.39, 0.29) is 11.2 Å². The van der Waals surface area contributed by atoms with Crippen molar-refractivity contribution in [3.05, 3.63) is 22.1 Å². The molecule has 0 aromatic carbocycles. The quantitative estimate of drug-likeness (QED) is 0.752. The summed E-state index contributed by atoms with van der Waals surface area (Å²) in [5.74, 6) is -0.260. The summed E-state index contributed by atoms with van der Waals surface area (Å²) < 4.78 is 0. The second-order valence-electron chi connectivity index (χ2n) is 4.63. The Balaban J connectivity index is 2.70. The second kappa shape index (κ2) is 3.82. The van der Waals surface area contributed by atoms with Gasteiger partial charge in [0.15, 0.2) is 5.75 Å². The monoisotopic (exact) mass is 196 g/mol. The third kappa shape index (κ3) is 3.20. The van der Waals surface area contributed by atoms with Crippen LogP contribution in [0.4, 0.5) is 0 Å². The van der Waals surface area contributed by atoms with E-state index < -0.39 is 5.56 Å². The maximum atomic E-state index is 10.8. The minimum absolute atomic E-state index is 0.230. The van der Waals surface area contributed by atoms with E-state index >= 15 is 0 Å². The molecule has 78 valence electrons. The lowest BCUT2D eigenvalue weighted by Crippen LogP contribution is -2.11. The highest BCUT2D eigenvalue weighted by molar-refractivity contribution is 5.17. The van der Waals surface area contributed by atoms with Gasteiger partial charge in [0.1, 0.15) is 0 Å². The van der Waals surface area contributed by atoms with Gasteiger partial charge in [-0.3, -0.25) is 4.79 Å². The molecule has 0 radical (unpaired) electrons. The fourth-order valence-corrected chi connectivity index (χ4v) is 1.07. The molecule has 1 heterocycles. The molecule has 0 aliphatic rings. The molecule has 0 bridgehead atoms. The Morgan fingerprint density at radius 2 is 2.14 bits per heavy atom. The number of aryl methyl sites for hydroxylation is 1. The van der Waals surface area contributed by atoms with Crippen molar-refractivity contribution in [2.45, 2.75) is 33.6 Å². The number of aromatic amines is 1. The van der Waals surface area contributed by atoms with E-state index in [1.54, 1.807) is 0 Å². The van der Waals surface area contributed by atoms with Gasteiger partial charge in [0, 0.05) is 6.07 Å². The van der Waals surface area contributed by atoms with Crippen molar-refractivity contribution in [1.29, 1.82) is 0 Å². The molecule has 0 aliphatic heterocycles. The van der Waals surface area contributed by atoms with Gasteiger partial charge in [-0.25, -0.2) is 5.10 Å². The van der Waals surface area contributed by atoms with E-state index in [1.807, 2.05) is 0 Å². The normalized spacial score (nSPS) is 11.6. The summed E-state index contributed by atoms with van der Waals surface area (Å²) in [6.07, 6.45) is 1.72. The van der Waals surface area contributed by atoms with Crippen LogP contribution >= 0.6 is 0 Å². The average Bonchev–Trinajstić information content (AvgIpc) is 2.06. The Morgan fingerprint density at radius 3 is 2.64 bits per heavy atom. The molecule has 0 saturated heterocycles. The molecule has 0 saturated carbocycles. The van der Waals surface area contributed by atoms with Gasteiger partial charge in [0.05, 0.1) is 5.69 Å². The first kappa shape index (κ1) is 10.8. The third-order valence-electron chi connectivity index (χ3n) is 1.97. The minimum atomic E-state index is -0.537. The molecule has 14 heavy (non-hydrogen) atoms. The largest absolute Gasteiger partial charge is 0.503 e. The van der Waals surface area contributed by atoms with Crippen LogP contribution in [0, 0.1) is 5.41 Å². The highest BCUT2D eigenvalue weighted by Gasteiger charge is 2.11. The van der Waals surface area contributed by atoms with E-state index in [2.05, 4.69) is 31.0 Å². The van der Waals surface area contributed by atoms with E-state index in [4.69, 9.17) is 5.11 Å². The molecule has 0 spiro atoms. The van der Waals surface area contributed by atoms with Gasteiger partial charge in [-0.2, -0.15) is 5.10 Å². The lowest BCUT2D eigenvalue weighted by molar-refractivity contribution is 0.374. The number of aromatic hydroxyl groups is 1. The first-order chi connectivity index (χ1) is 6.38. The topological polar surface area (TPSA) is 66.0 Å². The van der Waals surface area contributed by atoms with Crippen LogP contribution in [-0.2, 0) is 6.42 Å². The number of nitrogens with one attached hydrogen (secondary N) is 1. The molecule has 0 amide bonds. The summed E-state index contributed by atoms with van der Waals surface area (Å²) in [5.41, 5.74) is 0.412. The van der Waals surface area contributed by atoms with Crippen LogP contribution in [0.5, 0.6) is 5.75 Å². The Kier molecular flexibility index (Phi) is 2.93. The highest BCUT2D eigenvalue weighted by atomic mass is 16.3. The molecule has 1 aromatic rings. The predicted molar refractivity (Wildman–Crippen MR) is 54.3 cm³/mol. The highest BCUT2D eigenvalue weighted by Crippen LogP contribution is 2.20. The van der Waals surface area contributed by atoms with Crippen LogP contribution in [0.15, 0.2) is 10.9 Å². The van der Waals surface area contributed by atoms with E-state index in [9.17, 15) is 4.79 Å². The number of H-pyrrole nitrogens is 1. The fourth-order valence-electron chi connectivity index (χ4n) is 1.07. The van der Waals surface area contributed by atoms with Crippen molar-refractivity contribution in [3.8, 4) is 5.75 Å². The van der Waals surface area contributed by atoms with Crippen molar-refractivity contribution in [3.63, 3.8) is 0 Å². The van der Waals surface area contributed by atoms with Crippen molar-refractivity contribution < 1.29 is 5.11 Å². The van der Waals surface area contributed by atoms with Crippen molar-refractivity contribution >= 4 is 0 Å². The maximum absolute atomic E-state index is 10.8. The maximum Gasteiger partial charge on any atom is 0.306 e. The molecule has 0 fully saturated rings. The van der Waals surface area contributed by atoms with Crippen molar-refractivity contribution in [2.24, 2.45) is 5.41 Å². The van der Waals surface area contributed by atoms with Crippen LogP contribution in [0.25, 0.3) is 0 Å². The molecular weight excluding hydrogens is 180 g/mol. The summed E-state index contributed by atoms with van der Waals surface area (Å²) in [6.45, 7) is 6.41. The Labute approximate surface area is 83.0 Å². The number of hydrogen-bond acceptors (Lipinski definition) is 3. The number of aromatic nitrogens is 2. The zero-order valence-electron chi connectivity index (χ0n) is 8.79. The molecule has 0 atom stereocenters. The molecule has 2 N–H and O–H groups in total. The summed E-state index contributed by atoms with van der Waals surface area (Å²) in [4.78, 5) is 10.8. The first-order valence-corrected chi connectivity index (χ1v) is 4.66.